The van der Waals surface area contributed by atoms with E-state index in [0.717, 1.165) is 24.0 Å². The summed E-state index contributed by atoms with van der Waals surface area (Å²) in [5.74, 6) is 0.521. The van der Waals surface area contributed by atoms with Gasteiger partial charge >= 0.3 is 0 Å². The molecule has 20 heavy (non-hydrogen) atoms. The molecule has 0 saturated carbocycles. The molecule has 0 spiro atoms. The third kappa shape index (κ3) is 3.74. The van der Waals surface area contributed by atoms with E-state index in [1.165, 1.54) is 5.56 Å². The van der Waals surface area contributed by atoms with Crippen LogP contribution in [-0.2, 0) is 6.42 Å². The highest BCUT2D eigenvalue weighted by molar-refractivity contribution is 7.80. The van der Waals surface area contributed by atoms with Crippen molar-refractivity contribution >= 4 is 17.2 Å². The highest BCUT2D eigenvalue weighted by atomic mass is 32.1. The molecule has 104 valence electrons. The van der Waals surface area contributed by atoms with Gasteiger partial charge in [0.2, 0.25) is 5.88 Å². The quantitative estimate of drug-likeness (QED) is 0.653. The Labute approximate surface area is 124 Å². The molecule has 2 heterocycles. The first-order valence-electron chi connectivity index (χ1n) is 6.45. The third-order valence-electron chi connectivity index (χ3n) is 2.97. The summed E-state index contributed by atoms with van der Waals surface area (Å²) < 4.78 is 5.71. The van der Waals surface area contributed by atoms with Gasteiger partial charge in [0.25, 0.3) is 0 Å². The van der Waals surface area contributed by atoms with Crippen molar-refractivity contribution in [2.24, 2.45) is 5.73 Å². The topological polar surface area (TPSA) is 61.0 Å². The molecule has 4 nitrogen and oxygen atoms in total. The Morgan fingerprint density at radius 3 is 2.70 bits per heavy atom. The number of aryl methyl sites for hydroxylation is 2. The monoisotopic (exact) mass is 287 g/mol. The summed E-state index contributed by atoms with van der Waals surface area (Å²) in [4.78, 5) is 8.52. The normalized spacial score (nSPS) is 10.2. The lowest BCUT2D eigenvalue weighted by atomic mass is 10.1. The molecular weight excluding hydrogens is 270 g/mol. The number of thiocarbonyl (C=S) groups is 1. The van der Waals surface area contributed by atoms with E-state index in [2.05, 4.69) is 9.97 Å². The Hall–Kier alpha value is -2.01. The van der Waals surface area contributed by atoms with Crippen molar-refractivity contribution in [2.75, 3.05) is 6.61 Å². The standard InChI is InChI=1S/C15H17N3OS/c1-11-4-9-18-15(13(11)14(16)20)19-10-2-3-12-5-7-17-8-6-12/h4-9H,2-3,10H2,1H3,(H2,16,20). The summed E-state index contributed by atoms with van der Waals surface area (Å²) in [5.41, 5.74) is 8.67. The molecule has 0 aliphatic rings. The summed E-state index contributed by atoms with van der Waals surface area (Å²) in [6.45, 7) is 2.52. The van der Waals surface area contributed by atoms with Gasteiger partial charge in [-0.3, -0.25) is 4.98 Å². The van der Waals surface area contributed by atoms with Gasteiger partial charge in [0, 0.05) is 18.6 Å². The van der Waals surface area contributed by atoms with E-state index in [-0.39, 0.29) is 0 Å². The van der Waals surface area contributed by atoms with Crippen molar-refractivity contribution in [3.63, 3.8) is 0 Å². The molecule has 2 rings (SSSR count). The van der Waals surface area contributed by atoms with Crippen LogP contribution in [0.5, 0.6) is 5.88 Å². The predicted octanol–water partition coefficient (Wildman–Crippen LogP) is 2.43. The van der Waals surface area contributed by atoms with E-state index in [0.29, 0.717) is 17.5 Å². The van der Waals surface area contributed by atoms with E-state index < -0.39 is 0 Å². The Balaban J connectivity index is 1.92. The van der Waals surface area contributed by atoms with Crippen molar-refractivity contribution < 1.29 is 4.74 Å². The van der Waals surface area contributed by atoms with E-state index in [9.17, 15) is 0 Å². The molecule has 0 unspecified atom stereocenters. The second-order valence-corrected chi connectivity index (χ2v) is 4.92. The summed E-state index contributed by atoms with van der Waals surface area (Å²) >= 11 is 5.04. The molecule has 2 aromatic heterocycles. The minimum Gasteiger partial charge on any atom is -0.477 e. The summed E-state index contributed by atoms with van der Waals surface area (Å²) in [7, 11) is 0. The highest BCUT2D eigenvalue weighted by Gasteiger charge is 2.10. The van der Waals surface area contributed by atoms with Gasteiger partial charge in [-0.05, 0) is 49.1 Å². The fourth-order valence-corrected chi connectivity index (χ4v) is 2.19. The molecule has 0 aromatic carbocycles. The average molecular weight is 287 g/mol. The van der Waals surface area contributed by atoms with Gasteiger partial charge in [0.05, 0.1) is 12.2 Å². The summed E-state index contributed by atoms with van der Waals surface area (Å²) in [6.07, 6.45) is 7.13. The van der Waals surface area contributed by atoms with Crippen LogP contribution >= 0.6 is 12.2 Å². The molecule has 0 fully saturated rings. The van der Waals surface area contributed by atoms with E-state index in [1.807, 2.05) is 25.1 Å². The van der Waals surface area contributed by atoms with E-state index in [4.69, 9.17) is 22.7 Å². The number of rotatable bonds is 6. The van der Waals surface area contributed by atoms with Crippen molar-refractivity contribution in [3.8, 4) is 5.88 Å². The van der Waals surface area contributed by atoms with E-state index in [1.54, 1.807) is 18.6 Å². The molecule has 2 N–H and O–H groups in total. The molecule has 0 saturated heterocycles. The molecule has 0 amide bonds. The molecule has 0 aliphatic carbocycles. The number of pyridine rings is 2. The molecule has 0 aliphatic heterocycles. The molecule has 5 heteroatoms. The van der Waals surface area contributed by atoms with Crippen molar-refractivity contribution in [2.45, 2.75) is 19.8 Å². The smallest absolute Gasteiger partial charge is 0.223 e. The number of hydrogen-bond donors (Lipinski definition) is 1. The van der Waals surface area contributed by atoms with Crippen molar-refractivity contribution in [3.05, 3.63) is 53.5 Å². The summed E-state index contributed by atoms with van der Waals surface area (Å²) in [5, 5.41) is 0. The lowest BCUT2D eigenvalue weighted by Crippen LogP contribution is -2.15. The Bertz CT molecular complexity index is 587. The first kappa shape index (κ1) is 14.4. The minimum absolute atomic E-state index is 0.319. The summed E-state index contributed by atoms with van der Waals surface area (Å²) in [6, 6.07) is 5.88. The first-order chi connectivity index (χ1) is 9.68. The zero-order chi connectivity index (χ0) is 14.4. The third-order valence-corrected chi connectivity index (χ3v) is 3.17. The largest absolute Gasteiger partial charge is 0.477 e. The van der Waals surface area contributed by atoms with Crippen molar-refractivity contribution in [1.29, 1.82) is 0 Å². The molecular formula is C15H17N3OS. The van der Waals surface area contributed by atoms with Crippen LogP contribution in [0.15, 0.2) is 36.8 Å². The number of ether oxygens (including phenoxy) is 1. The number of hydrogen-bond acceptors (Lipinski definition) is 4. The van der Waals surface area contributed by atoms with Gasteiger partial charge < -0.3 is 10.5 Å². The fraction of sp³-hybridized carbons (Fsp3) is 0.267. The van der Waals surface area contributed by atoms with Crippen LogP contribution in [0.3, 0.4) is 0 Å². The molecule has 0 atom stereocenters. The highest BCUT2D eigenvalue weighted by Crippen LogP contribution is 2.19. The fourth-order valence-electron chi connectivity index (χ4n) is 1.94. The second-order valence-electron chi connectivity index (χ2n) is 4.48. The van der Waals surface area contributed by atoms with Gasteiger partial charge in [0.15, 0.2) is 0 Å². The van der Waals surface area contributed by atoms with Crippen LogP contribution in [0.4, 0.5) is 0 Å². The van der Waals surface area contributed by atoms with Gasteiger partial charge in [0.1, 0.15) is 4.99 Å². The lowest BCUT2D eigenvalue weighted by molar-refractivity contribution is 0.298. The Morgan fingerprint density at radius 2 is 2.00 bits per heavy atom. The van der Waals surface area contributed by atoms with Gasteiger partial charge in [-0.2, -0.15) is 0 Å². The van der Waals surface area contributed by atoms with E-state index >= 15 is 0 Å². The average Bonchev–Trinajstić information content (AvgIpc) is 2.44. The van der Waals surface area contributed by atoms with Gasteiger partial charge in [-0.15, -0.1) is 0 Å². The maximum Gasteiger partial charge on any atom is 0.223 e. The minimum atomic E-state index is 0.319. The number of nitrogens with two attached hydrogens (primary N) is 1. The zero-order valence-corrected chi connectivity index (χ0v) is 12.2. The van der Waals surface area contributed by atoms with Crippen molar-refractivity contribution in [1.82, 2.24) is 9.97 Å². The zero-order valence-electron chi connectivity index (χ0n) is 11.4. The number of aromatic nitrogens is 2. The SMILES string of the molecule is Cc1ccnc(OCCCc2ccncc2)c1C(N)=S. The van der Waals surface area contributed by atoms with Crippen LogP contribution < -0.4 is 10.5 Å². The molecule has 2 aromatic rings. The Kier molecular flexibility index (Phi) is 5.01. The predicted molar refractivity (Wildman–Crippen MR) is 82.9 cm³/mol. The van der Waals surface area contributed by atoms with Crippen LogP contribution in [0, 0.1) is 6.92 Å². The number of nitrogens with zero attached hydrogens (tertiary/aromatic N) is 2. The lowest BCUT2D eigenvalue weighted by Gasteiger charge is -2.11. The van der Waals surface area contributed by atoms with Crippen LogP contribution in [0.1, 0.15) is 23.1 Å². The van der Waals surface area contributed by atoms with Gasteiger partial charge in [-0.1, -0.05) is 12.2 Å². The Morgan fingerprint density at radius 1 is 1.25 bits per heavy atom. The molecule has 0 radical (unpaired) electrons. The van der Waals surface area contributed by atoms with Crippen LogP contribution in [0.25, 0.3) is 0 Å². The maximum atomic E-state index is 5.72. The van der Waals surface area contributed by atoms with Crippen LogP contribution in [0.2, 0.25) is 0 Å². The maximum absolute atomic E-state index is 5.72. The van der Waals surface area contributed by atoms with Crippen LogP contribution in [-0.4, -0.2) is 21.6 Å². The second kappa shape index (κ2) is 6.96. The first-order valence-corrected chi connectivity index (χ1v) is 6.86. The van der Waals surface area contributed by atoms with Gasteiger partial charge in [-0.25, -0.2) is 4.98 Å². The molecule has 0 bridgehead atoms.